The van der Waals surface area contributed by atoms with E-state index in [4.69, 9.17) is 0 Å². The quantitative estimate of drug-likeness (QED) is 0.713. The number of hydrogen-bond donors (Lipinski definition) is 0. The number of hydrogen-bond acceptors (Lipinski definition) is 2. The first-order valence-corrected chi connectivity index (χ1v) is 7.75. The third-order valence-electron chi connectivity index (χ3n) is 3.99. The number of rotatable bonds is 4. The third-order valence-corrected chi connectivity index (χ3v) is 3.99. The molecule has 1 atom stereocenters. The second-order valence-corrected chi connectivity index (χ2v) is 5.64. The molecule has 0 fully saturated rings. The van der Waals surface area contributed by atoms with Crippen LogP contribution in [0.5, 0.6) is 0 Å². The number of carbonyl (C=O) groups is 1. The Labute approximate surface area is 144 Å². The van der Waals surface area contributed by atoms with E-state index < -0.39 is 17.7 Å². The first-order chi connectivity index (χ1) is 12.1. The maximum atomic E-state index is 14.4. The minimum absolute atomic E-state index is 0.209. The second-order valence-electron chi connectivity index (χ2n) is 5.64. The standard InChI is InChI=1S/C20H16F2N2O/c1-24(20(25)14-6-3-2-4-7-14)19(15-8-5-11-23-13-15)17-10-9-16(21)12-18(17)22/h2-13,19H,1H3/t19-/m0/s1. The largest absolute Gasteiger partial charge is 0.330 e. The van der Waals surface area contributed by atoms with Crippen molar-refractivity contribution < 1.29 is 13.6 Å². The van der Waals surface area contributed by atoms with Gasteiger partial charge in [-0.2, -0.15) is 0 Å². The molecule has 126 valence electrons. The van der Waals surface area contributed by atoms with Crippen LogP contribution in [0, 0.1) is 11.6 Å². The lowest BCUT2D eigenvalue weighted by Crippen LogP contribution is -2.32. The normalized spacial score (nSPS) is 11.8. The average molecular weight is 338 g/mol. The van der Waals surface area contributed by atoms with Gasteiger partial charge < -0.3 is 4.90 Å². The smallest absolute Gasteiger partial charge is 0.254 e. The predicted octanol–water partition coefficient (Wildman–Crippen LogP) is 4.22. The average Bonchev–Trinajstić information content (AvgIpc) is 2.64. The molecule has 3 nitrogen and oxygen atoms in total. The van der Waals surface area contributed by atoms with Crippen molar-refractivity contribution >= 4 is 5.91 Å². The Morgan fingerprint density at radius 1 is 1.04 bits per heavy atom. The summed E-state index contributed by atoms with van der Waals surface area (Å²) in [6.45, 7) is 0. The van der Waals surface area contributed by atoms with Crippen LogP contribution in [-0.4, -0.2) is 22.8 Å². The summed E-state index contributed by atoms with van der Waals surface area (Å²) in [4.78, 5) is 18.3. The van der Waals surface area contributed by atoms with Crippen LogP contribution in [0.15, 0.2) is 73.1 Å². The van der Waals surface area contributed by atoms with E-state index >= 15 is 0 Å². The van der Waals surface area contributed by atoms with Gasteiger partial charge in [0, 0.05) is 36.6 Å². The van der Waals surface area contributed by atoms with Crippen molar-refractivity contribution in [3.63, 3.8) is 0 Å². The summed E-state index contributed by atoms with van der Waals surface area (Å²) in [7, 11) is 1.59. The molecule has 0 unspecified atom stereocenters. The van der Waals surface area contributed by atoms with E-state index in [1.54, 1.807) is 55.8 Å². The molecule has 1 amide bonds. The second kappa shape index (κ2) is 7.21. The minimum atomic E-state index is -0.720. The van der Waals surface area contributed by atoms with Crippen LogP contribution < -0.4 is 0 Å². The summed E-state index contributed by atoms with van der Waals surface area (Å²) in [6.07, 6.45) is 3.17. The van der Waals surface area contributed by atoms with Crippen LogP contribution in [0.3, 0.4) is 0 Å². The van der Waals surface area contributed by atoms with Gasteiger partial charge in [0.25, 0.3) is 5.91 Å². The van der Waals surface area contributed by atoms with Crippen molar-refractivity contribution in [2.75, 3.05) is 7.05 Å². The highest BCUT2D eigenvalue weighted by Crippen LogP contribution is 2.30. The molecular formula is C20H16F2N2O. The number of nitrogens with zero attached hydrogens (tertiary/aromatic N) is 2. The van der Waals surface area contributed by atoms with Gasteiger partial charge in [-0.15, -0.1) is 0 Å². The zero-order valence-electron chi connectivity index (χ0n) is 13.6. The SMILES string of the molecule is CN(C(=O)c1ccccc1)[C@@H](c1cccnc1)c1ccc(F)cc1F. The van der Waals surface area contributed by atoms with Crippen LogP contribution in [0.25, 0.3) is 0 Å². The number of pyridine rings is 1. The van der Waals surface area contributed by atoms with Crippen LogP contribution >= 0.6 is 0 Å². The first-order valence-electron chi connectivity index (χ1n) is 7.75. The van der Waals surface area contributed by atoms with E-state index in [1.807, 2.05) is 6.07 Å². The van der Waals surface area contributed by atoms with E-state index in [-0.39, 0.29) is 11.5 Å². The summed E-state index contributed by atoms with van der Waals surface area (Å²) in [5.41, 5.74) is 1.34. The highest BCUT2D eigenvalue weighted by atomic mass is 19.1. The van der Waals surface area contributed by atoms with E-state index in [1.165, 1.54) is 17.0 Å². The summed E-state index contributed by atoms with van der Waals surface area (Å²) in [5.74, 6) is -1.64. The van der Waals surface area contributed by atoms with Gasteiger partial charge in [-0.1, -0.05) is 30.3 Å². The van der Waals surface area contributed by atoms with Crippen LogP contribution in [-0.2, 0) is 0 Å². The summed E-state index contributed by atoms with van der Waals surface area (Å²) in [6, 6.07) is 14.8. The molecule has 5 heteroatoms. The molecule has 1 aromatic heterocycles. The molecule has 0 saturated heterocycles. The Morgan fingerprint density at radius 2 is 1.80 bits per heavy atom. The van der Waals surface area contributed by atoms with Gasteiger partial charge in [-0.05, 0) is 29.8 Å². The Balaban J connectivity index is 2.07. The van der Waals surface area contributed by atoms with Crippen LogP contribution in [0.4, 0.5) is 8.78 Å². The van der Waals surface area contributed by atoms with Crippen molar-refractivity contribution in [3.05, 3.63) is 101 Å². The van der Waals surface area contributed by atoms with E-state index in [0.29, 0.717) is 11.1 Å². The summed E-state index contributed by atoms with van der Waals surface area (Å²) >= 11 is 0. The zero-order valence-corrected chi connectivity index (χ0v) is 13.6. The highest BCUT2D eigenvalue weighted by Gasteiger charge is 2.27. The lowest BCUT2D eigenvalue weighted by atomic mass is 9.97. The fourth-order valence-corrected chi connectivity index (χ4v) is 2.77. The number of amides is 1. The molecule has 1 heterocycles. The Hall–Kier alpha value is -3.08. The maximum Gasteiger partial charge on any atom is 0.254 e. The van der Waals surface area contributed by atoms with Gasteiger partial charge >= 0.3 is 0 Å². The van der Waals surface area contributed by atoms with Gasteiger partial charge in [-0.3, -0.25) is 9.78 Å². The van der Waals surface area contributed by atoms with Gasteiger partial charge in [0.1, 0.15) is 11.6 Å². The molecule has 0 aliphatic rings. The molecule has 0 aliphatic carbocycles. The number of aromatic nitrogens is 1. The molecule has 0 radical (unpaired) electrons. The molecule has 0 N–H and O–H groups in total. The van der Waals surface area contributed by atoms with Crippen LogP contribution in [0.2, 0.25) is 0 Å². The van der Waals surface area contributed by atoms with E-state index in [9.17, 15) is 13.6 Å². The van der Waals surface area contributed by atoms with Gasteiger partial charge in [0.2, 0.25) is 0 Å². The zero-order chi connectivity index (χ0) is 17.8. The minimum Gasteiger partial charge on any atom is -0.330 e. The summed E-state index contributed by atoms with van der Waals surface area (Å²) in [5, 5.41) is 0. The van der Waals surface area contributed by atoms with Gasteiger partial charge in [0.05, 0.1) is 6.04 Å². The number of halogens is 2. The summed E-state index contributed by atoms with van der Waals surface area (Å²) < 4.78 is 27.7. The van der Waals surface area contributed by atoms with Gasteiger partial charge in [-0.25, -0.2) is 8.78 Å². The monoisotopic (exact) mass is 338 g/mol. The van der Waals surface area contributed by atoms with E-state index in [2.05, 4.69) is 4.98 Å². The Bertz CT molecular complexity index is 869. The number of carbonyl (C=O) groups excluding carboxylic acids is 1. The molecule has 25 heavy (non-hydrogen) atoms. The lowest BCUT2D eigenvalue weighted by molar-refractivity contribution is 0.0753. The molecule has 3 aromatic rings. The first kappa shape index (κ1) is 16.8. The number of benzene rings is 2. The maximum absolute atomic E-state index is 14.4. The third kappa shape index (κ3) is 3.55. The van der Waals surface area contributed by atoms with E-state index in [0.717, 1.165) is 6.07 Å². The molecule has 0 bridgehead atoms. The molecule has 0 aliphatic heterocycles. The van der Waals surface area contributed by atoms with Gasteiger partial charge in [0.15, 0.2) is 0 Å². The van der Waals surface area contributed by atoms with Crippen molar-refractivity contribution in [3.8, 4) is 0 Å². The molecule has 2 aromatic carbocycles. The molecule has 0 saturated carbocycles. The highest BCUT2D eigenvalue weighted by molar-refractivity contribution is 5.94. The van der Waals surface area contributed by atoms with Crippen molar-refractivity contribution in [2.45, 2.75) is 6.04 Å². The predicted molar refractivity (Wildman–Crippen MR) is 91.0 cm³/mol. The fourth-order valence-electron chi connectivity index (χ4n) is 2.77. The van der Waals surface area contributed by atoms with Crippen LogP contribution in [0.1, 0.15) is 27.5 Å². The Morgan fingerprint density at radius 3 is 2.44 bits per heavy atom. The topological polar surface area (TPSA) is 33.2 Å². The van der Waals surface area contributed by atoms with Crippen molar-refractivity contribution in [1.82, 2.24) is 9.88 Å². The molecular weight excluding hydrogens is 322 g/mol. The fraction of sp³-hybridized carbons (Fsp3) is 0.100. The van der Waals surface area contributed by atoms with Crippen molar-refractivity contribution in [2.24, 2.45) is 0 Å². The lowest BCUT2D eigenvalue weighted by Gasteiger charge is -2.29. The van der Waals surface area contributed by atoms with Crippen molar-refractivity contribution in [1.29, 1.82) is 0 Å². The molecule has 0 spiro atoms. The Kier molecular flexibility index (Phi) is 4.84. The molecule has 3 rings (SSSR count).